The summed E-state index contributed by atoms with van der Waals surface area (Å²) in [6, 6.07) is 0.342. The smallest absolute Gasteiger partial charge is 0.168 e. The second-order valence-electron chi connectivity index (χ2n) is 7.11. The Hall–Kier alpha value is -1.01. The summed E-state index contributed by atoms with van der Waals surface area (Å²) in [5.41, 5.74) is -0.0319. The first-order chi connectivity index (χ1) is 10.5. The standard InChI is InChI=1S/C16H32N6/c1-6-8-9-14(21-12-10-20(5)11-13-21)15-17-18-19-22(15)16(3,4)7-2/h14H,6-13H2,1-5H3/t14-/m1/s1. The van der Waals surface area contributed by atoms with E-state index in [1.807, 2.05) is 0 Å². The van der Waals surface area contributed by atoms with Gasteiger partial charge in [-0.2, -0.15) is 0 Å². The summed E-state index contributed by atoms with van der Waals surface area (Å²) in [5.74, 6) is 1.05. The molecule has 0 bridgehead atoms. The Bertz CT molecular complexity index is 447. The van der Waals surface area contributed by atoms with Gasteiger partial charge in [0, 0.05) is 26.2 Å². The zero-order valence-electron chi connectivity index (χ0n) is 14.9. The Balaban J connectivity index is 2.24. The van der Waals surface area contributed by atoms with Crippen molar-refractivity contribution in [1.29, 1.82) is 0 Å². The van der Waals surface area contributed by atoms with Gasteiger partial charge in [-0.25, -0.2) is 4.68 Å². The second-order valence-corrected chi connectivity index (χ2v) is 7.11. The highest BCUT2D eigenvalue weighted by atomic mass is 15.6. The summed E-state index contributed by atoms with van der Waals surface area (Å²) >= 11 is 0. The van der Waals surface area contributed by atoms with Gasteiger partial charge in [0.2, 0.25) is 0 Å². The Morgan fingerprint density at radius 1 is 1.14 bits per heavy atom. The predicted octanol–water partition coefficient (Wildman–Crippen LogP) is 2.30. The van der Waals surface area contributed by atoms with Crippen molar-refractivity contribution in [2.45, 2.75) is 65.0 Å². The Morgan fingerprint density at radius 3 is 2.41 bits per heavy atom. The van der Waals surface area contributed by atoms with Gasteiger partial charge in [-0.05, 0) is 44.2 Å². The molecule has 2 rings (SSSR count). The maximum atomic E-state index is 4.42. The van der Waals surface area contributed by atoms with Crippen LogP contribution in [0.2, 0.25) is 0 Å². The summed E-state index contributed by atoms with van der Waals surface area (Å²) < 4.78 is 2.06. The molecule has 22 heavy (non-hydrogen) atoms. The molecule has 0 radical (unpaired) electrons. The number of rotatable bonds is 7. The molecule has 6 heteroatoms. The third kappa shape index (κ3) is 3.84. The van der Waals surface area contributed by atoms with Crippen LogP contribution in [0.5, 0.6) is 0 Å². The lowest BCUT2D eigenvalue weighted by atomic mass is 10.00. The monoisotopic (exact) mass is 308 g/mol. The fourth-order valence-electron chi connectivity index (χ4n) is 2.99. The minimum absolute atomic E-state index is 0.0319. The van der Waals surface area contributed by atoms with Crippen molar-refractivity contribution in [3.05, 3.63) is 5.82 Å². The Labute approximate surface area is 134 Å². The van der Waals surface area contributed by atoms with Gasteiger partial charge < -0.3 is 4.90 Å². The van der Waals surface area contributed by atoms with Crippen LogP contribution in [0.25, 0.3) is 0 Å². The van der Waals surface area contributed by atoms with Crippen molar-refractivity contribution in [2.24, 2.45) is 0 Å². The summed E-state index contributed by atoms with van der Waals surface area (Å²) in [6.45, 7) is 13.3. The lowest BCUT2D eigenvalue weighted by molar-refractivity contribution is 0.0946. The van der Waals surface area contributed by atoms with E-state index in [1.165, 1.54) is 12.8 Å². The zero-order valence-corrected chi connectivity index (χ0v) is 14.9. The molecule has 126 valence electrons. The molecule has 2 heterocycles. The number of unbranched alkanes of at least 4 members (excludes halogenated alkanes) is 1. The molecule has 0 N–H and O–H groups in total. The maximum absolute atomic E-state index is 4.42. The van der Waals surface area contributed by atoms with Gasteiger partial charge in [-0.3, -0.25) is 4.90 Å². The molecule has 0 saturated carbocycles. The number of hydrogen-bond acceptors (Lipinski definition) is 5. The van der Waals surface area contributed by atoms with E-state index >= 15 is 0 Å². The summed E-state index contributed by atoms with van der Waals surface area (Å²) in [7, 11) is 2.20. The van der Waals surface area contributed by atoms with Crippen molar-refractivity contribution < 1.29 is 0 Å². The van der Waals surface area contributed by atoms with Gasteiger partial charge in [-0.1, -0.05) is 26.7 Å². The van der Waals surface area contributed by atoms with Crippen molar-refractivity contribution in [1.82, 2.24) is 30.0 Å². The topological polar surface area (TPSA) is 50.1 Å². The van der Waals surface area contributed by atoms with Crippen molar-refractivity contribution in [2.75, 3.05) is 33.2 Å². The van der Waals surface area contributed by atoms with Crippen LogP contribution in [0.3, 0.4) is 0 Å². The molecule has 0 aliphatic carbocycles. The normalized spacial score (nSPS) is 19.5. The van der Waals surface area contributed by atoms with E-state index in [9.17, 15) is 0 Å². The van der Waals surface area contributed by atoms with Gasteiger partial charge >= 0.3 is 0 Å². The fourth-order valence-corrected chi connectivity index (χ4v) is 2.99. The van der Waals surface area contributed by atoms with E-state index in [1.54, 1.807) is 0 Å². The highest BCUT2D eigenvalue weighted by molar-refractivity contribution is 4.98. The van der Waals surface area contributed by atoms with Crippen LogP contribution < -0.4 is 0 Å². The first-order valence-corrected chi connectivity index (χ1v) is 8.71. The molecule has 6 nitrogen and oxygen atoms in total. The number of likely N-dealkylation sites (N-methyl/N-ethyl adjacent to an activating group) is 1. The number of hydrogen-bond donors (Lipinski definition) is 0. The zero-order chi connectivity index (χ0) is 16.2. The molecule has 1 atom stereocenters. The van der Waals surface area contributed by atoms with Crippen LogP contribution in [0.1, 0.15) is 65.2 Å². The molecule has 0 unspecified atom stereocenters. The maximum Gasteiger partial charge on any atom is 0.168 e. The van der Waals surface area contributed by atoms with Gasteiger partial charge in [0.05, 0.1) is 11.6 Å². The average molecular weight is 308 g/mol. The van der Waals surface area contributed by atoms with Gasteiger partial charge in [0.1, 0.15) is 0 Å². The van der Waals surface area contributed by atoms with Crippen LogP contribution in [0.4, 0.5) is 0 Å². The summed E-state index contributed by atoms with van der Waals surface area (Å²) in [6.07, 6.45) is 4.59. The van der Waals surface area contributed by atoms with E-state index in [4.69, 9.17) is 0 Å². The molecule has 1 aromatic rings. The largest absolute Gasteiger partial charge is 0.304 e. The van der Waals surface area contributed by atoms with E-state index in [0.29, 0.717) is 6.04 Å². The van der Waals surface area contributed by atoms with Crippen molar-refractivity contribution >= 4 is 0 Å². The van der Waals surface area contributed by atoms with E-state index < -0.39 is 0 Å². The number of piperazine rings is 1. The Kier molecular flexibility index (Phi) is 5.92. The SMILES string of the molecule is CCCC[C@H](c1nnnn1C(C)(C)CC)N1CCN(C)CC1. The molecule has 0 amide bonds. The van der Waals surface area contributed by atoms with Crippen molar-refractivity contribution in [3.8, 4) is 0 Å². The molecule has 1 saturated heterocycles. The summed E-state index contributed by atoms with van der Waals surface area (Å²) in [4.78, 5) is 4.97. The van der Waals surface area contributed by atoms with Crippen LogP contribution in [0, 0.1) is 0 Å². The number of nitrogens with zero attached hydrogens (tertiary/aromatic N) is 6. The number of tetrazole rings is 1. The molecule has 1 aliphatic rings. The van der Waals surface area contributed by atoms with E-state index in [2.05, 4.69) is 64.7 Å². The highest BCUT2D eigenvalue weighted by Gasteiger charge is 2.32. The van der Waals surface area contributed by atoms with Crippen LogP contribution >= 0.6 is 0 Å². The second kappa shape index (κ2) is 7.51. The molecular formula is C16H32N6. The molecule has 0 spiro atoms. The Morgan fingerprint density at radius 2 is 1.82 bits per heavy atom. The first-order valence-electron chi connectivity index (χ1n) is 8.71. The molecule has 1 aromatic heterocycles. The van der Waals surface area contributed by atoms with Crippen LogP contribution in [-0.2, 0) is 5.54 Å². The van der Waals surface area contributed by atoms with Crippen molar-refractivity contribution in [3.63, 3.8) is 0 Å². The lowest BCUT2D eigenvalue weighted by Crippen LogP contribution is -2.47. The molecule has 0 aromatic carbocycles. The minimum atomic E-state index is -0.0319. The van der Waals surface area contributed by atoms with E-state index in [-0.39, 0.29) is 5.54 Å². The van der Waals surface area contributed by atoms with Gasteiger partial charge in [-0.15, -0.1) is 5.10 Å². The molecule has 1 aliphatic heterocycles. The third-order valence-corrected chi connectivity index (χ3v) is 5.04. The highest BCUT2D eigenvalue weighted by Crippen LogP contribution is 2.29. The average Bonchev–Trinajstić information content (AvgIpc) is 2.99. The minimum Gasteiger partial charge on any atom is -0.304 e. The van der Waals surface area contributed by atoms with Crippen LogP contribution in [0.15, 0.2) is 0 Å². The summed E-state index contributed by atoms with van der Waals surface area (Å²) in [5, 5.41) is 12.7. The van der Waals surface area contributed by atoms with Crippen LogP contribution in [-0.4, -0.2) is 63.2 Å². The quantitative estimate of drug-likeness (QED) is 0.773. The van der Waals surface area contributed by atoms with E-state index in [0.717, 1.165) is 44.8 Å². The lowest BCUT2D eigenvalue weighted by Gasteiger charge is -2.38. The van der Waals surface area contributed by atoms with Gasteiger partial charge in [0.15, 0.2) is 5.82 Å². The third-order valence-electron chi connectivity index (χ3n) is 5.04. The fraction of sp³-hybridized carbons (Fsp3) is 0.938. The van der Waals surface area contributed by atoms with Gasteiger partial charge in [0.25, 0.3) is 0 Å². The molecule has 1 fully saturated rings. The number of aromatic nitrogens is 4. The predicted molar refractivity (Wildman–Crippen MR) is 88.8 cm³/mol. The molecular weight excluding hydrogens is 276 g/mol. The first kappa shape index (κ1) is 17.3.